The molecule has 0 bridgehead atoms. The minimum Gasteiger partial charge on any atom is -0.314 e. The SMILES string of the molecule is O=c1c2ccccc2cnn1CCC1CCCCN1. The molecule has 3 rings (SSSR count). The van der Waals surface area contributed by atoms with E-state index in [0.29, 0.717) is 12.6 Å². The molecule has 19 heavy (non-hydrogen) atoms. The normalized spacial score (nSPS) is 19.7. The van der Waals surface area contributed by atoms with Crippen molar-refractivity contribution in [1.29, 1.82) is 0 Å². The number of hydrogen-bond donors (Lipinski definition) is 1. The number of nitrogens with one attached hydrogen (secondary N) is 1. The number of aryl methyl sites for hydroxylation is 1. The third kappa shape index (κ3) is 2.68. The lowest BCUT2D eigenvalue weighted by molar-refractivity contribution is 0.357. The van der Waals surface area contributed by atoms with Crippen molar-refractivity contribution in [1.82, 2.24) is 15.1 Å². The van der Waals surface area contributed by atoms with Crippen molar-refractivity contribution in [3.05, 3.63) is 40.8 Å². The van der Waals surface area contributed by atoms with Gasteiger partial charge >= 0.3 is 0 Å². The van der Waals surface area contributed by atoms with Gasteiger partial charge in [-0.05, 0) is 31.9 Å². The number of piperidine rings is 1. The summed E-state index contributed by atoms with van der Waals surface area (Å²) in [6.45, 7) is 1.80. The van der Waals surface area contributed by atoms with Crippen molar-refractivity contribution in [3.8, 4) is 0 Å². The molecule has 0 spiro atoms. The third-order valence-electron chi connectivity index (χ3n) is 3.86. The van der Waals surface area contributed by atoms with Gasteiger partial charge in [-0.1, -0.05) is 24.6 Å². The first kappa shape index (κ1) is 12.4. The monoisotopic (exact) mass is 257 g/mol. The molecule has 4 heteroatoms. The average Bonchev–Trinajstić information content (AvgIpc) is 2.48. The van der Waals surface area contributed by atoms with Crippen LogP contribution in [0, 0.1) is 0 Å². The Morgan fingerprint density at radius 3 is 3.05 bits per heavy atom. The van der Waals surface area contributed by atoms with Crippen molar-refractivity contribution in [2.45, 2.75) is 38.3 Å². The molecule has 4 nitrogen and oxygen atoms in total. The summed E-state index contributed by atoms with van der Waals surface area (Å²) >= 11 is 0. The number of nitrogens with zero attached hydrogens (tertiary/aromatic N) is 2. The number of aromatic nitrogens is 2. The van der Waals surface area contributed by atoms with E-state index in [1.165, 1.54) is 19.3 Å². The predicted octanol–water partition coefficient (Wildman–Crippen LogP) is 1.93. The molecule has 0 radical (unpaired) electrons. The second-order valence-corrected chi connectivity index (χ2v) is 5.20. The van der Waals surface area contributed by atoms with Crippen LogP contribution >= 0.6 is 0 Å². The molecule has 2 heterocycles. The maximum atomic E-state index is 12.3. The first-order valence-electron chi connectivity index (χ1n) is 7.03. The van der Waals surface area contributed by atoms with Gasteiger partial charge in [0, 0.05) is 18.0 Å². The molecule has 1 aromatic heterocycles. The summed E-state index contributed by atoms with van der Waals surface area (Å²) < 4.78 is 1.60. The van der Waals surface area contributed by atoms with Crippen molar-refractivity contribution in [2.75, 3.05) is 6.54 Å². The van der Waals surface area contributed by atoms with Gasteiger partial charge in [-0.25, -0.2) is 4.68 Å². The van der Waals surface area contributed by atoms with Gasteiger partial charge in [0.25, 0.3) is 5.56 Å². The topological polar surface area (TPSA) is 46.9 Å². The summed E-state index contributed by atoms with van der Waals surface area (Å²) in [5, 5.41) is 9.44. The Bertz CT molecular complexity index is 614. The second-order valence-electron chi connectivity index (χ2n) is 5.20. The van der Waals surface area contributed by atoms with Gasteiger partial charge in [-0.2, -0.15) is 5.10 Å². The van der Waals surface area contributed by atoms with E-state index in [2.05, 4.69) is 10.4 Å². The van der Waals surface area contributed by atoms with E-state index < -0.39 is 0 Å². The largest absolute Gasteiger partial charge is 0.314 e. The smallest absolute Gasteiger partial charge is 0.274 e. The summed E-state index contributed by atoms with van der Waals surface area (Å²) in [6, 6.07) is 8.16. The Kier molecular flexibility index (Phi) is 3.60. The minimum atomic E-state index is 0.0221. The van der Waals surface area contributed by atoms with Crippen LogP contribution in [0.1, 0.15) is 25.7 Å². The van der Waals surface area contributed by atoms with E-state index in [4.69, 9.17) is 0 Å². The Morgan fingerprint density at radius 1 is 1.32 bits per heavy atom. The highest BCUT2D eigenvalue weighted by atomic mass is 16.1. The highest BCUT2D eigenvalue weighted by Gasteiger charge is 2.13. The maximum absolute atomic E-state index is 12.3. The molecule has 1 fully saturated rings. The molecular weight excluding hydrogens is 238 g/mol. The number of hydrogen-bond acceptors (Lipinski definition) is 3. The number of fused-ring (bicyclic) bond motifs is 1. The molecule has 0 aliphatic carbocycles. The van der Waals surface area contributed by atoms with Crippen LogP contribution < -0.4 is 10.9 Å². The molecule has 1 N–H and O–H groups in total. The van der Waals surface area contributed by atoms with Gasteiger partial charge in [0.15, 0.2) is 0 Å². The van der Waals surface area contributed by atoms with Gasteiger partial charge in [0.1, 0.15) is 0 Å². The Morgan fingerprint density at radius 2 is 2.21 bits per heavy atom. The molecule has 0 amide bonds. The molecule has 100 valence electrons. The fraction of sp³-hybridized carbons (Fsp3) is 0.467. The fourth-order valence-electron chi connectivity index (χ4n) is 2.74. The lowest BCUT2D eigenvalue weighted by Gasteiger charge is -2.23. The molecule has 1 saturated heterocycles. The summed E-state index contributed by atoms with van der Waals surface area (Å²) in [6.07, 6.45) is 6.53. The van der Waals surface area contributed by atoms with Crippen LogP contribution in [0.2, 0.25) is 0 Å². The summed E-state index contributed by atoms with van der Waals surface area (Å²) in [4.78, 5) is 12.3. The predicted molar refractivity (Wildman–Crippen MR) is 76.3 cm³/mol. The van der Waals surface area contributed by atoms with Crippen LogP contribution in [-0.4, -0.2) is 22.4 Å². The standard InChI is InChI=1S/C15H19N3O/c19-15-14-7-2-1-5-12(14)11-17-18(15)10-8-13-6-3-4-9-16-13/h1-2,5,7,11,13,16H,3-4,6,8-10H2. The molecule has 1 aliphatic rings. The van der Waals surface area contributed by atoms with Crippen molar-refractivity contribution in [3.63, 3.8) is 0 Å². The lowest BCUT2D eigenvalue weighted by Crippen LogP contribution is -2.36. The zero-order chi connectivity index (χ0) is 13.1. The van der Waals surface area contributed by atoms with Gasteiger partial charge in [0.2, 0.25) is 0 Å². The van der Waals surface area contributed by atoms with Crippen LogP contribution in [0.3, 0.4) is 0 Å². The molecular formula is C15H19N3O. The molecule has 1 unspecified atom stereocenters. The van der Waals surface area contributed by atoms with Crippen molar-refractivity contribution in [2.24, 2.45) is 0 Å². The summed E-state index contributed by atoms with van der Waals surface area (Å²) in [7, 11) is 0. The third-order valence-corrected chi connectivity index (χ3v) is 3.86. The van der Waals surface area contributed by atoms with Crippen LogP contribution in [-0.2, 0) is 6.54 Å². The van der Waals surface area contributed by atoms with E-state index in [9.17, 15) is 4.79 Å². The molecule has 1 aliphatic heterocycles. The van der Waals surface area contributed by atoms with Crippen LogP contribution in [0.4, 0.5) is 0 Å². The van der Waals surface area contributed by atoms with Gasteiger partial charge < -0.3 is 5.32 Å². The Hall–Kier alpha value is -1.68. The summed E-state index contributed by atoms with van der Waals surface area (Å²) in [5.41, 5.74) is 0.0221. The maximum Gasteiger partial charge on any atom is 0.274 e. The van der Waals surface area contributed by atoms with Crippen LogP contribution in [0.25, 0.3) is 10.8 Å². The average molecular weight is 257 g/mol. The van der Waals surface area contributed by atoms with Gasteiger partial charge in [0.05, 0.1) is 11.6 Å². The molecule has 1 aromatic carbocycles. The zero-order valence-electron chi connectivity index (χ0n) is 11.0. The van der Waals surface area contributed by atoms with E-state index in [0.717, 1.165) is 23.7 Å². The van der Waals surface area contributed by atoms with Crippen LogP contribution in [0.5, 0.6) is 0 Å². The van der Waals surface area contributed by atoms with Gasteiger partial charge in [-0.15, -0.1) is 0 Å². The quantitative estimate of drug-likeness (QED) is 0.914. The van der Waals surface area contributed by atoms with Crippen molar-refractivity contribution >= 4 is 10.8 Å². The fourth-order valence-corrected chi connectivity index (χ4v) is 2.74. The number of benzene rings is 1. The molecule has 0 saturated carbocycles. The Balaban J connectivity index is 1.77. The summed E-state index contributed by atoms with van der Waals surface area (Å²) in [5.74, 6) is 0. The zero-order valence-corrected chi connectivity index (χ0v) is 11.0. The first-order chi connectivity index (χ1) is 9.34. The highest BCUT2D eigenvalue weighted by Crippen LogP contribution is 2.11. The second kappa shape index (κ2) is 5.53. The van der Waals surface area contributed by atoms with E-state index in [1.54, 1.807) is 10.9 Å². The first-order valence-corrected chi connectivity index (χ1v) is 7.03. The Labute approximate surface area is 112 Å². The highest BCUT2D eigenvalue weighted by molar-refractivity contribution is 5.80. The van der Waals surface area contributed by atoms with E-state index >= 15 is 0 Å². The van der Waals surface area contributed by atoms with Gasteiger partial charge in [-0.3, -0.25) is 4.79 Å². The van der Waals surface area contributed by atoms with Crippen molar-refractivity contribution < 1.29 is 0 Å². The molecule has 1 atom stereocenters. The molecule has 2 aromatic rings. The lowest BCUT2D eigenvalue weighted by atomic mass is 10.0. The van der Waals surface area contributed by atoms with E-state index in [1.807, 2.05) is 24.3 Å². The van der Waals surface area contributed by atoms with Crippen LogP contribution in [0.15, 0.2) is 35.3 Å². The van der Waals surface area contributed by atoms with E-state index in [-0.39, 0.29) is 5.56 Å². The number of rotatable bonds is 3. The minimum absolute atomic E-state index is 0.0221.